The van der Waals surface area contributed by atoms with Crippen LogP contribution in [-0.2, 0) is 6.42 Å². The molecule has 4 rings (SSSR count). The van der Waals surface area contributed by atoms with E-state index in [9.17, 15) is 0 Å². The summed E-state index contributed by atoms with van der Waals surface area (Å²) in [6.07, 6.45) is 3.55. The Morgan fingerprint density at radius 3 is 3.11 bits per heavy atom. The first-order valence-electron chi connectivity index (χ1n) is 6.40. The fourth-order valence-corrected chi connectivity index (χ4v) is 3.42. The highest BCUT2D eigenvalue weighted by Crippen LogP contribution is 2.40. The molecule has 0 aliphatic carbocycles. The molecule has 4 heteroatoms. The Hall–Kier alpha value is -1.32. The zero-order valence-corrected chi connectivity index (χ0v) is 10.7. The molecule has 0 saturated carbocycles. The smallest absolute Gasteiger partial charge is 0.0971 e. The minimum absolute atomic E-state index is 0.464. The van der Waals surface area contributed by atoms with Gasteiger partial charge in [-0.1, -0.05) is 23.7 Å². The van der Waals surface area contributed by atoms with Crippen LogP contribution in [0.5, 0.6) is 0 Å². The van der Waals surface area contributed by atoms with Gasteiger partial charge in [0.25, 0.3) is 0 Å². The lowest BCUT2D eigenvalue weighted by Gasteiger charge is -2.21. The van der Waals surface area contributed by atoms with Gasteiger partial charge < -0.3 is 5.32 Å². The Bertz CT molecular complexity index is 605. The Labute approximate surface area is 111 Å². The van der Waals surface area contributed by atoms with Gasteiger partial charge in [-0.3, -0.25) is 5.10 Å². The first-order valence-corrected chi connectivity index (χ1v) is 6.78. The third-order valence-corrected chi connectivity index (χ3v) is 4.26. The number of hydrogen-bond donors (Lipinski definition) is 2. The Balaban J connectivity index is 1.86. The van der Waals surface area contributed by atoms with E-state index in [1.165, 1.54) is 24.1 Å². The quantitative estimate of drug-likeness (QED) is 0.826. The van der Waals surface area contributed by atoms with Crippen LogP contribution in [-0.4, -0.2) is 16.2 Å². The van der Waals surface area contributed by atoms with E-state index in [0.29, 0.717) is 12.1 Å². The van der Waals surface area contributed by atoms with Gasteiger partial charge in [0.05, 0.1) is 5.69 Å². The van der Waals surface area contributed by atoms with E-state index in [1.54, 1.807) is 0 Å². The number of benzene rings is 1. The van der Waals surface area contributed by atoms with Crippen molar-refractivity contribution in [1.82, 2.24) is 15.5 Å². The molecule has 92 valence electrons. The van der Waals surface area contributed by atoms with Crippen molar-refractivity contribution >= 4 is 11.6 Å². The van der Waals surface area contributed by atoms with Crippen molar-refractivity contribution in [2.45, 2.75) is 31.3 Å². The summed E-state index contributed by atoms with van der Waals surface area (Å²) in [5.41, 5.74) is 4.82. The van der Waals surface area contributed by atoms with Gasteiger partial charge in [0.1, 0.15) is 0 Å². The second-order valence-electron chi connectivity index (χ2n) is 5.17. The largest absolute Gasteiger partial charge is 0.307 e. The van der Waals surface area contributed by atoms with E-state index in [1.807, 2.05) is 18.2 Å². The standard InChI is InChI=1S/C14H14ClN3/c15-9-3-1-2-8(6-9)14-13-11-5-4-10(16-11)7-12(13)17-18-14/h1-3,6,10-11,16H,4-5,7H2,(H,17,18)/t10-,11+/m1/s1. The van der Waals surface area contributed by atoms with Crippen LogP contribution in [0.25, 0.3) is 11.3 Å². The van der Waals surface area contributed by atoms with Crippen LogP contribution in [0.15, 0.2) is 24.3 Å². The molecule has 1 fully saturated rings. The van der Waals surface area contributed by atoms with Crippen molar-refractivity contribution in [3.8, 4) is 11.3 Å². The molecule has 2 aliphatic heterocycles. The summed E-state index contributed by atoms with van der Waals surface area (Å²) in [4.78, 5) is 0. The molecule has 2 atom stereocenters. The van der Waals surface area contributed by atoms with Gasteiger partial charge in [-0.15, -0.1) is 0 Å². The SMILES string of the molecule is Clc1cccc(-c2n[nH]c3c2[C@@H]2CC[C@H](C3)N2)c1. The molecule has 1 aromatic carbocycles. The van der Waals surface area contributed by atoms with E-state index < -0.39 is 0 Å². The highest BCUT2D eigenvalue weighted by Gasteiger charge is 2.35. The zero-order chi connectivity index (χ0) is 12.1. The van der Waals surface area contributed by atoms with Crippen LogP contribution < -0.4 is 5.32 Å². The van der Waals surface area contributed by atoms with E-state index in [2.05, 4.69) is 21.6 Å². The van der Waals surface area contributed by atoms with Crippen molar-refractivity contribution in [3.63, 3.8) is 0 Å². The highest BCUT2D eigenvalue weighted by molar-refractivity contribution is 6.30. The average molecular weight is 260 g/mol. The summed E-state index contributed by atoms with van der Waals surface area (Å²) in [5.74, 6) is 0. The maximum absolute atomic E-state index is 6.07. The van der Waals surface area contributed by atoms with Gasteiger partial charge >= 0.3 is 0 Å². The van der Waals surface area contributed by atoms with Gasteiger partial charge in [0.2, 0.25) is 0 Å². The summed E-state index contributed by atoms with van der Waals surface area (Å²) < 4.78 is 0. The summed E-state index contributed by atoms with van der Waals surface area (Å²) in [5, 5.41) is 12.1. The topological polar surface area (TPSA) is 40.7 Å². The normalized spacial score (nSPS) is 25.2. The number of aromatic amines is 1. The summed E-state index contributed by atoms with van der Waals surface area (Å²) in [6, 6.07) is 9.03. The number of rotatable bonds is 1. The molecular formula is C14H14ClN3. The van der Waals surface area contributed by atoms with Crippen molar-refractivity contribution in [3.05, 3.63) is 40.5 Å². The first kappa shape index (κ1) is 10.6. The number of hydrogen-bond acceptors (Lipinski definition) is 2. The zero-order valence-electron chi connectivity index (χ0n) is 9.91. The van der Waals surface area contributed by atoms with Crippen molar-refractivity contribution in [2.75, 3.05) is 0 Å². The fraction of sp³-hybridized carbons (Fsp3) is 0.357. The molecule has 3 heterocycles. The van der Waals surface area contributed by atoms with E-state index in [0.717, 1.165) is 22.7 Å². The Morgan fingerprint density at radius 2 is 2.22 bits per heavy atom. The number of nitrogens with one attached hydrogen (secondary N) is 2. The maximum Gasteiger partial charge on any atom is 0.0971 e. The van der Waals surface area contributed by atoms with Gasteiger partial charge in [-0.05, 0) is 25.0 Å². The number of aromatic nitrogens is 2. The summed E-state index contributed by atoms with van der Waals surface area (Å²) in [6.45, 7) is 0. The number of nitrogens with zero attached hydrogens (tertiary/aromatic N) is 1. The second kappa shape index (κ2) is 3.84. The van der Waals surface area contributed by atoms with E-state index in [-0.39, 0.29) is 0 Å². The van der Waals surface area contributed by atoms with Gasteiger partial charge in [-0.25, -0.2) is 0 Å². The molecule has 2 bridgehead atoms. The molecular weight excluding hydrogens is 246 g/mol. The van der Waals surface area contributed by atoms with Crippen LogP contribution in [0, 0.1) is 0 Å². The van der Waals surface area contributed by atoms with Crippen LogP contribution in [0.2, 0.25) is 5.02 Å². The van der Waals surface area contributed by atoms with Crippen molar-refractivity contribution < 1.29 is 0 Å². The third kappa shape index (κ3) is 1.51. The fourth-order valence-electron chi connectivity index (χ4n) is 3.23. The lowest BCUT2D eigenvalue weighted by atomic mass is 9.96. The molecule has 18 heavy (non-hydrogen) atoms. The molecule has 0 spiro atoms. The minimum atomic E-state index is 0.464. The lowest BCUT2D eigenvalue weighted by molar-refractivity contribution is 0.511. The number of fused-ring (bicyclic) bond motifs is 4. The lowest BCUT2D eigenvalue weighted by Crippen LogP contribution is -2.31. The van der Waals surface area contributed by atoms with Gasteiger partial charge in [-0.2, -0.15) is 5.10 Å². The molecule has 2 aliphatic rings. The maximum atomic E-state index is 6.07. The molecule has 0 unspecified atom stereocenters. The molecule has 1 aromatic heterocycles. The highest BCUT2D eigenvalue weighted by atomic mass is 35.5. The van der Waals surface area contributed by atoms with E-state index in [4.69, 9.17) is 11.6 Å². The molecule has 0 radical (unpaired) electrons. The van der Waals surface area contributed by atoms with Crippen LogP contribution >= 0.6 is 11.6 Å². The Morgan fingerprint density at radius 1 is 1.28 bits per heavy atom. The summed E-state index contributed by atoms with van der Waals surface area (Å²) in [7, 11) is 0. The predicted octanol–water partition coefficient (Wildman–Crippen LogP) is 3.08. The number of H-pyrrole nitrogens is 1. The summed E-state index contributed by atoms with van der Waals surface area (Å²) >= 11 is 6.07. The van der Waals surface area contributed by atoms with Gasteiger partial charge in [0.15, 0.2) is 0 Å². The molecule has 2 aromatic rings. The first-order chi connectivity index (χ1) is 8.81. The van der Waals surface area contributed by atoms with Gasteiger partial charge in [0, 0.05) is 40.3 Å². The molecule has 0 amide bonds. The monoisotopic (exact) mass is 259 g/mol. The predicted molar refractivity (Wildman–Crippen MR) is 71.6 cm³/mol. The average Bonchev–Trinajstić information content (AvgIpc) is 2.95. The van der Waals surface area contributed by atoms with Crippen LogP contribution in [0.4, 0.5) is 0 Å². The Kier molecular flexibility index (Phi) is 2.26. The minimum Gasteiger partial charge on any atom is -0.307 e. The third-order valence-electron chi connectivity index (χ3n) is 4.02. The molecule has 1 saturated heterocycles. The van der Waals surface area contributed by atoms with Crippen LogP contribution in [0.1, 0.15) is 30.1 Å². The van der Waals surface area contributed by atoms with Crippen molar-refractivity contribution in [1.29, 1.82) is 0 Å². The van der Waals surface area contributed by atoms with Crippen LogP contribution in [0.3, 0.4) is 0 Å². The van der Waals surface area contributed by atoms with E-state index >= 15 is 0 Å². The van der Waals surface area contributed by atoms with Crippen molar-refractivity contribution in [2.24, 2.45) is 0 Å². The second-order valence-corrected chi connectivity index (χ2v) is 5.61. The molecule has 3 nitrogen and oxygen atoms in total. The number of halogens is 1. The molecule has 2 N–H and O–H groups in total.